The zero-order valence-electron chi connectivity index (χ0n) is 24.9. The molecule has 7 rings (SSSR count). The van der Waals surface area contributed by atoms with Gasteiger partial charge in [-0.25, -0.2) is 4.79 Å². The van der Waals surface area contributed by atoms with E-state index in [1.54, 1.807) is 19.4 Å². The van der Waals surface area contributed by atoms with Crippen molar-refractivity contribution in [1.29, 1.82) is 0 Å². The number of ether oxygens (including phenoxy) is 4. The smallest absolute Gasteiger partial charge is 0.408 e. The van der Waals surface area contributed by atoms with Crippen LogP contribution >= 0.6 is 0 Å². The van der Waals surface area contributed by atoms with Gasteiger partial charge < -0.3 is 29.6 Å². The van der Waals surface area contributed by atoms with Gasteiger partial charge >= 0.3 is 6.09 Å². The van der Waals surface area contributed by atoms with Gasteiger partial charge in [-0.05, 0) is 78.4 Å². The van der Waals surface area contributed by atoms with Gasteiger partial charge in [0.15, 0.2) is 11.5 Å². The van der Waals surface area contributed by atoms with Crippen molar-refractivity contribution in [2.45, 2.75) is 43.9 Å². The van der Waals surface area contributed by atoms with Crippen LogP contribution in [0.4, 0.5) is 4.79 Å². The molecule has 0 spiro atoms. The zero-order valence-corrected chi connectivity index (χ0v) is 24.9. The molecule has 0 unspecified atom stereocenters. The average molecular weight is 604 g/mol. The molecule has 0 bridgehead atoms. The van der Waals surface area contributed by atoms with E-state index < -0.39 is 11.6 Å². The number of amides is 2. The van der Waals surface area contributed by atoms with Crippen molar-refractivity contribution in [1.82, 2.24) is 15.6 Å². The summed E-state index contributed by atoms with van der Waals surface area (Å²) in [5.41, 5.74) is 1.77. The van der Waals surface area contributed by atoms with E-state index in [0.717, 1.165) is 47.4 Å². The molecule has 9 nitrogen and oxygen atoms in total. The van der Waals surface area contributed by atoms with Crippen LogP contribution in [0, 0.1) is 0 Å². The molecule has 2 fully saturated rings. The van der Waals surface area contributed by atoms with E-state index in [-0.39, 0.29) is 19.1 Å². The summed E-state index contributed by atoms with van der Waals surface area (Å²) in [5, 5.41) is 8.57. The highest BCUT2D eigenvalue weighted by Gasteiger charge is 2.45. The number of methoxy groups -OCH3 is 1. The second-order valence-corrected chi connectivity index (χ2v) is 11.6. The second-order valence-electron chi connectivity index (χ2n) is 11.6. The normalized spacial score (nSPS) is 14.9. The SMILES string of the molecule is COc1cc2c(Oc3ccc4c(C(=O)NC5CC5)cccc4c3)ccnc2cc1OCC1(NC(=O)OCc2ccccc2)CC1. The number of nitrogens with one attached hydrogen (secondary N) is 2. The van der Waals surface area contributed by atoms with Gasteiger partial charge in [0.1, 0.15) is 24.7 Å². The van der Waals surface area contributed by atoms with Crippen LogP contribution in [-0.4, -0.2) is 42.3 Å². The van der Waals surface area contributed by atoms with E-state index in [9.17, 15) is 9.59 Å². The Balaban J connectivity index is 1.05. The number of carbonyl (C=O) groups is 2. The fraction of sp³-hybridized carbons (Fsp3) is 0.250. The van der Waals surface area contributed by atoms with Crippen LogP contribution in [0.5, 0.6) is 23.0 Å². The Morgan fingerprint density at radius 2 is 1.73 bits per heavy atom. The highest BCUT2D eigenvalue weighted by Crippen LogP contribution is 2.40. The summed E-state index contributed by atoms with van der Waals surface area (Å²) in [6.45, 7) is 0.471. The van der Waals surface area contributed by atoms with E-state index in [2.05, 4.69) is 15.6 Å². The average Bonchev–Trinajstić information content (AvgIpc) is 4.01. The summed E-state index contributed by atoms with van der Waals surface area (Å²) in [6.07, 6.45) is 4.87. The van der Waals surface area contributed by atoms with Crippen molar-refractivity contribution in [2.75, 3.05) is 13.7 Å². The summed E-state index contributed by atoms with van der Waals surface area (Å²) in [4.78, 5) is 29.8. The van der Waals surface area contributed by atoms with Gasteiger partial charge in [-0.2, -0.15) is 0 Å². The molecule has 2 aliphatic rings. The lowest BCUT2D eigenvalue weighted by molar-refractivity contribution is 0.0952. The van der Waals surface area contributed by atoms with Crippen molar-refractivity contribution in [3.05, 3.63) is 102 Å². The number of hydrogen-bond donors (Lipinski definition) is 2. The Bertz CT molecular complexity index is 1890. The number of pyridine rings is 1. The molecular formula is C36H33N3O6. The Morgan fingerprint density at radius 1 is 0.889 bits per heavy atom. The van der Waals surface area contributed by atoms with Crippen LogP contribution in [-0.2, 0) is 11.3 Å². The van der Waals surface area contributed by atoms with Crippen LogP contribution in [0.1, 0.15) is 41.6 Å². The number of rotatable bonds is 11. The molecule has 0 aliphatic heterocycles. The van der Waals surface area contributed by atoms with E-state index in [0.29, 0.717) is 40.1 Å². The topological polar surface area (TPSA) is 108 Å². The largest absolute Gasteiger partial charge is 0.493 e. The molecule has 1 aromatic heterocycles. The van der Waals surface area contributed by atoms with Crippen molar-refractivity contribution in [3.8, 4) is 23.0 Å². The quantitative estimate of drug-likeness (QED) is 0.169. The third-order valence-electron chi connectivity index (χ3n) is 8.16. The molecule has 2 aliphatic carbocycles. The first kappa shape index (κ1) is 28.5. The van der Waals surface area contributed by atoms with Crippen LogP contribution < -0.4 is 24.8 Å². The monoisotopic (exact) mass is 603 g/mol. The molecule has 4 aromatic carbocycles. The number of hydrogen-bond acceptors (Lipinski definition) is 7. The molecule has 2 saturated carbocycles. The van der Waals surface area contributed by atoms with E-state index in [1.165, 1.54) is 0 Å². The third-order valence-corrected chi connectivity index (χ3v) is 8.16. The fourth-order valence-electron chi connectivity index (χ4n) is 5.28. The zero-order chi connectivity index (χ0) is 30.8. The Kier molecular flexibility index (Phi) is 7.59. The number of fused-ring (bicyclic) bond motifs is 2. The molecular weight excluding hydrogens is 570 g/mol. The molecule has 0 saturated heterocycles. The molecule has 0 radical (unpaired) electrons. The molecule has 228 valence electrons. The highest BCUT2D eigenvalue weighted by molar-refractivity contribution is 6.07. The lowest BCUT2D eigenvalue weighted by atomic mass is 10.0. The van der Waals surface area contributed by atoms with Crippen LogP contribution in [0.3, 0.4) is 0 Å². The molecule has 5 aromatic rings. The summed E-state index contributed by atoms with van der Waals surface area (Å²) in [7, 11) is 1.58. The van der Waals surface area contributed by atoms with Crippen molar-refractivity contribution in [2.24, 2.45) is 0 Å². The summed E-state index contributed by atoms with van der Waals surface area (Å²) in [5.74, 6) is 2.23. The number of nitrogens with zero attached hydrogens (tertiary/aromatic N) is 1. The molecule has 2 N–H and O–H groups in total. The Labute approximate surface area is 260 Å². The second kappa shape index (κ2) is 12.0. The molecule has 45 heavy (non-hydrogen) atoms. The molecule has 1 heterocycles. The summed E-state index contributed by atoms with van der Waals surface area (Å²) in [6, 6.07) is 26.7. The Hall–Kier alpha value is -5.31. The van der Waals surface area contributed by atoms with Gasteiger partial charge in [0.05, 0.1) is 18.2 Å². The van der Waals surface area contributed by atoms with Crippen molar-refractivity contribution in [3.63, 3.8) is 0 Å². The first-order valence-electron chi connectivity index (χ1n) is 15.1. The van der Waals surface area contributed by atoms with Gasteiger partial charge in [-0.3, -0.25) is 9.78 Å². The third kappa shape index (κ3) is 6.47. The minimum atomic E-state index is -0.485. The molecule has 2 amide bonds. The van der Waals surface area contributed by atoms with Gasteiger partial charge in [0, 0.05) is 29.3 Å². The number of aromatic nitrogens is 1. The van der Waals surface area contributed by atoms with Crippen LogP contribution in [0.15, 0.2) is 91.1 Å². The minimum Gasteiger partial charge on any atom is -0.493 e. The lowest BCUT2D eigenvalue weighted by Gasteiger charge is -2.19. The maximum atomic E-state index is 12.8. The number of benzene rings is 4. The predicted molar refractivity (Wildman–Crippen MR) is 170 cm³/mol. The fourth-order valence-corrected chi connectivity index (χ4v) is 5.28. The first-order valence-corrected chi connectivity index (χ1v) is 15.1. The number of alkyl carbamates (subject to hydrolysis) is 1. The minimum absolute atomic E-state index is 0.0478. The highest BCUT2D eigenvalue weighted by atomic mass is 16.6. The van der Waals surface area contributed by atoms with Crippen molar-refractivity contribution >= 4 is 33.7 Å². The van der Waals surface area contributed by atoms with Gasteiger partial charge in [0.25, 0.3) is 5.91 Å². The first-order chi connectivity index (χ1) is 22.0. The lowest BCUT2D eigenvalue weighted by Crippen LogP contribution is -2.41. The molecule has 9 heteroatoms. The molecule has 0 atom stereocenters. The maximum absolute atomic E-state index is 12.8. The van der Waals surface area contributed by atoms with E-state index in [4.69, 9.17) is 18.9 Å². The summed E-state index contributed by atoms with van der Waals surface area (Å²) < 4.78 is 23.6. The summed E-state index contributed by atoms with van der Waals surface area (Å²) >= 11 is 0. The van der Waals surface area contributed by atoms with E-state index >= 15 is 0 Å². The Morgan fingerprint density at radius 3 is 2.51 bits per heavy atom. The van der Waals surface area contributed by atoms with Crippen LogP contribution in [0.25, 0.3) is 21.7 Å². The van der Waals surface area contributed by atoms with Crippen LogP contribution in [0.2, 0.25) is 0 Å². The van der Waals surface area contributed by atoms with E-state index in [1.807, 2.05) is 78.9 Å². The predicted octanol–water partition coefficient (Wildman–Crippen LogP) is 6.92. The van der Waals surface area contributed by atoms with Gasteiger partial charge in [-0.15, -0.1) is 0 Å². The van der Waals surface area contributed by atoms with Gasteiger partial charge in [-0.1, -0.05) is 42.5 Å². The standard InChI is InChI=1S/C36H33N3O6/c1-42-32-19-29-30(20-33(32)44-22-36(15-16-36)39-35(41)43-21-23-6-3-2-4-7-23)37-17-14-31(29)45-26-12-13-27-24(18-26)8-5-9-28(27)34(40)38-25-10-11-25/h2-9,12-14,17-20,25H,10-11,15-16,21-22H2,1H3,(H,38,40)(H,39,41). The number of carbonyl (C=O) groups excluding carboxylic acids is 2. The van der Waals surface area contributed by atoms with Gasteiger partial charge in [0.2, 0.25) is 0 Å². The maximum Gasteiger partial charge on any atom is 0.408 e. The van der Waals surface area contributed by atoms with Crippen molar-refractivity contribution < 1.29 is 28.5 Å².